The molecule has 0 aliphatic carbocycles. The Morgan fingerprint density at radius 1 is 1.03 bits per heavy atom. The highest BCUT2D eigenvalue weighted by Gasteiger charge is 2.25. The van der Waals surface area contributed by atoms with E-state index in [9.17, 15) is 9.59 Å². The highest BCUT2D eigenvalue weighted by Crippen LogP contribution is 2.41. The van der Waals surface area contributed by atoms with Gasteiger partial charge in [0.2, 0.25) is 0 Å². The van der Waals surface area contributed by atoms with Gasteiger partial charge >= 0.3 is 5.97 Å². The zero-order chi connectivity index (χ0) is 25.7. The minimum absolute atomic E-state index is 0.237. The molecule has 0 amide bonds. The van der Waals surface area contributed by atoms with Gasteiger partial charge in [0.05, 0.1) is 43.3 Å². The van der Waals surface area contributed by atoms with Crippen molar-refractivity contribution in [3.63, 3.8) is 0 Å². The molecule has 5 aromatic rings. The van der Waals surface area contributed by atoms with Crippen LogP contribution in [0, 0.1) is 0 Å². The number of benzene rings is 2. The smallest absolute Gasteiger partial charge is 0.346 e. The van der Waals surface area contributed by atoms with Gasteiger partial charge in [-0.1, -0.05) is 12.2 Å². The minimum Gasteiger partial charge on any atom is -0.493 e. The van der Waals surface area contributed by atoms with E-state index < -0.39 is 12.1 Å². The van der Waals surface area contributed by atoms with Gasteiger partial charge in [-0.05, 0) is 50.6 Å². The Morgan fingerprint density at radius 2 is 1.78 bits per heavy atom. The van der Waals surface area contributed by atoms with Crippen molar-refractivity contribution in [2.45, 2.75) is 26.4 Å². The first-order valence-electron chi connectivity index (χ1n) is 11.5. The Bertz CT molecular complexity index is 1740. The van der Waals surface area contributed by atoms with E-state index in [1.165, 1.54) is 21.3 Å². The molecule has 184 valence electrons. The van der Waals surface area contributed by atoms with Crippen molar-refractivity contribution in [2.24, 2.45) is 0 Å². The quantitative estimate of drug-likeness (QED) is 0.188. The van der Waals surface area contributed by atoms with Gasteiger partial charge in [0, 0.05) is 27.9 Å². The van der Waals surface area contributed by atoms with Gasteiger partial charge in [-0.3, -0.25) is 14.2 Å². The zero-order valence-electron chi connectivity index (χ0n) is 20.8. The van der Waals surface area contributed by atoms with E-state index in [0.29, 0.717) is 51.0 Å². The molecule has 3 heterocycles. The number of fused-ring (bicyclic) bond motifs is 5. The molecule has 2 aromatic carbocycles. The lowest BCUT2D eigenvalue weighted by atomic mass is 9.99. The summed E-state index contributed by atoms with van der Waals surface area (Å²) in [7, 11) is 4.37. The van der Waals surface area contributed by atoms with Crippen molar-refractivity contribution >= 4 is 44.1 Å². The van der Waals surface area contributed by atoms with Gasteiger partial charge in [-0.15, -0.1) is 0 Å². The first-order chi connectivity index (χ1) is 17.3. The van der Waals surface area contributed by atoms with Crippen molar-refractivity contribution < 1.29 is 23.7 Å². The lowest BCUT2D eigenvalue weighted by molar-refractivity contribution is -0.147. The van der Waals surface area contributed by atoms with E-state index in [4.69, 9.17) is 18.9 Å². The monoisotopic (exact) mass is 486 g/mol. The predicted molar refractivity (Wildman–Crippen MR) is 139 cm³/mol. The number of carbonyl (C=O) groups is 1. The normalized spacial score (nSPS) is 12.4. The van der Waals surface area contributed by atoms with Crippen molar-refractivity contribution in [2.75, 3.05) is 21.3 Å². The third kappa shape index (κ3) is 3.32. The molecule has 8 heteroatoms. The van der Waals surface area contributed by atoms with Crippen molar-refractivity contribution in [1.29, 1.82) is 0 Å². The molecule has 8 nitrogen and oxygen atoms in total. The average molecular weight is 487 g/mol. The molecule has 0 fully saturated rings. The predicted octanol–water partition coefficient (Wildman–Crippen LogP) is 4.67. The zero-order valence-corrected chi connectivity index (χ0v) is 20.8. The number of carbonyl (C=O) groups excluding carboxylic acids is 1. The molecule has 0 radical (unpaired) electrons. The van der Waals surface area contributed by atoms with Gasteiger partial charge < -0.3 is 18.9 Å². The van der Waals surface area contributed by atoms with Crippen molar-refractivity contribution in [3.8, 4) is 17.2 Å². The molecule has 5 rings (SSSR count). The van der Waals surface area contributed by atoms with Crippen LogP contribution in [0.25, 0.3) is 38.1 Å². The van der Waals surface area contributed by atoms with Gasteiger partial charge in [0.25, 0.3) is 5.56 Å². The molecule has 0 aliphatic rings. The fourth-order valence-corrected chi connectivity index (χ4v) is 4.95. The Kier molecular flexibility index (Phi) is 5.67. The van der Waals surface area contributed by atoms with E-state index in [1.54, 1.807) is 29.7 Å². The summed E-state index contributed by atoms with van der Waals surface area (Å²) in [6.45, 7) is 7.66. The van der Waals surface area contributed by atoms with Gasteiger partial charge in [0.15, 0.2) is 17.6 Å². The van der Waals surface area contributed by atoms with Gasteiger partial charge in [0.1, 0.15) is 5.75 Å². The molecule has 0 N–H and O–H groups in total. The third-order valence-corrected chi connectivity index (χ3v) is 6.44. The van der Waals surface area contributed by atoms with Crippen LogP contribution in [0.3, 0.4) is 0 Å². The number of hydrogen-bond acceptors (Lipinski definition) is 7. The Morgan fingerprint density at radius 3 is 2.44 bits per heavy atom. The summed E-state index contributed by atoms with van der Waals surface area (Å²) in [5, 5.41) is 2.77. The van der Waals surface area contributed by atoms with Crippen LogP contribution in [0.5, 0.6) is 17.2 Å². The van der Waals surface area contributed by atoms with Gasteiger partial charge in [-0.25, -0.2) is 4.79 Å². The number of esters is 1. The lowest BCUT2D eigenvalue weighted by Gasteiger charge is -2.17. The molecule has 0 bridgehead atoms. The fourth-order valence-electron chi connectivity index (χ4n) is 4.95. The van der Waals surface area contributed by atoms with Crippen molar-refractivity contribution in [1.82, 2.24) is 9.38 Å². The second-order valence-electron chi connectivity index (χ2n) is 8.77. The maximum Gasteiger partial charge on any atom is 0.346 e. The summed E-state index contributed by atoms with van der Waals surface area (Å²) in [6, 6.07) is 9.11. The molecule has 0 saturated carbocycles. The highest BCUT2D eigenvalue weighted by atomic mass is 16.6. The maximum atomic E-state index is 14.0. The number of aromatic nitrogens is 2. The Hall–Kier alpha value is -4.33. The maximum absolute atomic E-state index is 14.0. The lowest BCUT2D eigenvalue weighted by Crippen LogP contribution is -2.25. The van der Waals surface area contributed by atoms with E-state index in [1.807, 2.05) is 25.1 Å². The first kappa shape index (κ1) is 23.4. The molecule has 0 saturated heterocycles. The SMILES string of the molecule is C=C(C)Cc1c(O[C@@H](C)C(=O)OC)ccc2c1c1ccnc3c4ccc(OC)c(OC)c4c(=O)n2c13. The Labute approximate surface area is 207 Å². The number of pyridine rings is 2. The molecular weight excluding hydrogens is 460 g/mol. The van der Waals surface area contributed by atoms with Crippen LogP contribution < -0.4 is 19.8 Å². The van der Waals surface area contributed by atoms with Crippen molar-refractivity contribution in [3.05, 3.63) is 64.6 Å². The molecular formula is C28H26N2O6. The second-order valence-corrected chi connectivity index (χ2v) is 8.77. The topological polar surface area (TPSA) is 88.4 Å². The summed E-state index contributed by atoms with van der Waals surface area (Å²) in [4.78, 5) is 30.8. The van der Waals surface area contributed by atoms with Crippen LogP contribution in [0.15, 0.2) is 53.5 Å². The molecule has 3 aromatic heterocycles. The second kappa shape index (κ2) is 8.71. The van der Waals surface area contributed by atoms with Crippen LogP contribution in [0.1, 0.15) is 19.4 Å². The fraction of sp³-hybridized carbons (Fsp3) is 0.250. The summed E-state index contributed by atoms with van der Waals surface area (Å²) in [5.74, 6) is 0.881. The largest absolute Gasteiger partial charge is 0.493 e. The summed E-state index contributed by atoms with van der Waals surface area (Å²) < 4.78 is 23.6. The van der Waals surface area contributed by atoms with E-state index in [-0.39, 0.29) is 5.56 Å². The standard InChI is InChI=1S/C28H26N2O6/c1-14(2)13-18-20(36-15(3)28(32)35-6)10-8-19-22(18)17-11-12-29-24-16-7-9-21(33-4)26(34-5)23(16)27(31)30(19)25(17)24/h7-12,15H,1,13H2,2-6H3/t15-/m0/s1. The number of rotatable bonds is 7. The van der Waals surface area contributed by atoms with Crippen LogP contribution in [-0.2, 0) is 16.0 Å². The average Bonchev–Trinajstić information content (AvgIpc) is 3.22. The number of allylic oxidation sites excluding steroid dienone is 1. The van der Waals surface area contributed by atoms with Crippen LogP contribution in [0.4, 0.5) is 0 Å². The molecule has 0 unspecified atom stereocenters. The number of hydrogen-bond donors (Lipinski definition) is 0. The van der Waals surface area contributed by atoms with Crippen LogP contribution >= 0.6 is 0 Å². The number of ether oxygens (including phenoxy) is 4. The molecule has 0 spiro atoms. The summed E-state index contributed by atoms with van der Waals surface area (Å²) in [6.07, 6.45) is 1.42. The van der Waals surface area contributed by atoms with Crippen LogP contribution in [-0.4, -0.2) is 42.8 Å². The van der Waals surface area contributed by atoms with E-state index in [2.05, 4.69) is 11.6 Å². The van der Waals surface area contributed by atoms with Crippen LogP contribution in [0.2, 0.25) is 0 Å². The van der Waals surface area contributed by atoms with Gasteiger partial charge in [-0.2, -0.15) is 0 Å². The van der Waals surface area contributed by atoms with E-state index in [0.717, 1.165) is 21.9 Å². The third-order valence-electron chi connectivity index (χ3n) is 6.44. The summed E-state index contributed by atoms with van der Waals surface area (Å²) in [5.41, 5.74) is 3.58. The molecule has 0 aliphatic heterocycles. The highest BCUT2D eigenvalue weighted by molar-refractivity contribution is 6.20. The van der Waals surface area contributed by atoms with E-state index >= 15 is 0 Å². The first-order valence-corrected chi connectivity index (χ1v) is 11.5. The minimum atomic E-state index is -0.805. The Balaban J connectivity index is 1.96. The molecule has 36 heavy (non-hydrogen) atoms. The molecule has 1 atom stereocenters. The number of nitrogens with zero attached hydrogens (tertiary/aromatic N) is 2. The number of methoxy groups -OCH3 is 3. The summed E-state index contributed by atoms with van der Waals surface area (Å²) >= 11 is 0.